The Kier molecular flexibility index (Phi) is 6.36. The SMILES string of the molecule is CC.NC1CCCCN(Cc2cccnc2)C1=O. The number of hydrogen-bond acceptors (Lipinski definition) is 3. The summed E-state index contributed by atoms with van der Waals surface area (Å²) in [5, 5.41) is 0. The van der Waals surface area contributed by atoms with Gasteiger partial charge in [-0.15, -0.1) is 0 Å². The first-order valence-corrected chi connectivity index (χ1v) is 6.70. The Hall–Kier alpha value is -1.42. The minimum atomic E-state index is -0.320. The van der Waals surface area contributed by atoms with Crippen LogP contribution in [0.4, 0.5) is 0 Å². The van der Waals surface area contributed by atoms with E-state index in [1.165, 1.54) is 0 Å². The second-order valence-electron chi connectivity index (χ2n) is 4.22. The normalized spacial score (nSPS) is 19.8. The van der Waals surface area contributed by atoms with Crippen molar-refractivity contribution in [2.75, 3.05) is 6.54 Å². The zero-order valence-electron chi connectivity index (χ0n) is 11.3. The summed E-state index contributed by atoms with van der Waals surface area (Å²) >= 11 is 0. The van der Waals surface area contributed by atoms with Crippen LogP contribution >= 0.6 is 0 Å². The Morgan fingerprint density at radius 3 is 2.89 bits per heavy atom. The van der Waals surface area contributed by atoms with Crippen molar-refractivity contribution in [1.29, 1.82) is 0 Å². The fourth-order valence-corrected chi connectivity index (χ4v) is 2.00. The average molecular weight is 249 g/mol. The summed E-state index contributed by atoms with van der Waals surface area (Å²) in [5.74, 6) is 0.0707. The molecule has 4 nitrogen and oxygen atoms in total. The molecule has 1 fully saturated rings. The van der Waals surface area contributed by atoms with Crippen molar-refractivity contribution in [1.82, 2.24) is 9.88 Å². The van der Waals surface area contributed by atoms with Crippen LogP contribution in [0.1, 0.15) is 38.7 Å². The van der Waals surface area contributed by atoms with Gasteiger partial charge in [0.15, 0.2) is 0 Å². The van der Waals surface area contributed by atoms with E-state index in [1.54, 1.807) is 12.4 Å². The van der Waals surface area contributed by atoms with Crippen molar-refractivity contribution in [2.24, 2.45) is 5.73 Å². The van der Waals surface area contributed by atoms with Crippen molar-refractivity contribution in [3.63, 3.8) is 0 Å². The summed E-state index contributed by atoms with van der Waals surface area (Å²) in [6.45, 7) is 5.43. The topological polar surface area (TPSA) is 59.2 Å². The van der Waals surface area contributed by atoms with Crippen LogP contribution in [0.3, 0.4) is 0 Å². The van der Waals surface area contributed by atoms with Gasteiger partial charge in [0.25, 0.3) is 0 Å². The largest absolute Gasteiger partial charge is 0.337 e. The Bertz CT molecular complexity index is 353. The van der Waals surface area contributed by atoms with E-state index in [2.05, 4.69) is 4.98 Å². The molecule has 1 atom stereocenters. The van der Waals surface area contributed by atoms with Crippen LogP contribution in [0.25, 0.3) is 0 Å². The van der Waals surface area contributed by atoms with Crippen molar-refractivity contribution in [2.45, 2.75) is 45.7 Å². The lowest BCUT2D eigenvalue weighted by atomic mass is 10.1. The van der Waals surface area contributed by atoms with Crippen LogP contribution in [-0.2, 0) is 11.3 Å². The molecule has 1 aliphatic rings. The van der Waals surface area contributed by atoms with Gasteiger partial charge >= 0.3 is 0 Å². The summed E-state index contributed by atoms with van der Waals surface area (Å²) in [7, 11) is 0. The first-order valence-electron chi connectivity index (χ1n) is 6.70. The maximum atomic E-state index is 11.9. The van der Waals surface area contributed by atoms with Gasteiger partial charge in [-0.2, -0.15) is 0 Å². The highest BCUT2D eigenvalue weighted by Crippen LogP contribution is 2.13. The standard InChI is InChI=1S/C12H17N3O.C2H6/c13-11-5-1-2-7-15(12(11)16)9-10-4-3-6-14-8-10;1-2/h3-4,6,8,11H,1-2,5,7,9,13H2;1-2H3. The van der Waals surface area contributed by atoms with Gasteiger partial charge in [0, 0.05) is 25.5 Å². The van der Waals surface area contributed by atoms with Gasteiger partial charge < -0.3 is 10.6 Å². The molecule has 0 bridgehead atoms. The number of rotatable bonds is 2. The van der Waals surface area contributed by atoms with E-state index in [0.29, 0.717) is 6.54 Å². The first-order chi connectivity index (χ1) is 8.77. The third-order valence-corrected chi connectivity index (χ3v) is 2.92. The van der Waals surface area contributed by atoms with E-state index < -0.39 is 0 Å². The van der Waals surface area contributed by atoms with Gasteiger partial charge in [0.1, 0.15) is 0 Å². The minimum absolute atomic E-state index is 0.0707. The maximum absolute atomic E-state index is 11.9. The smallest absolute Gasteiger partial charge is 0.239 e. The zero-order chi connectivity index (χ0) is 13.4. The van der Waals surface area contributed by atoms with E-state index in [9.17, 15) is 4.79 Å². The van der Waals surface area contributed by atoms with Crippen LogP contribution in [0.5, 0.6) is 0 Å². The van der Waals surface area contributed by atoms with Gasteiger partial charge in [-0.05, 0) is 30.9 Å². The Morgan fingerprint density at radius 2 is 2.22 bits per heavy atom. The monoisotopic (exact) mass is 249 g/mol. The van der Waals surface area contributed by atoms with Crippen molar-refractivity contribution < 1.29 is 4.79 Å². The van der Waals surface area contributed by atoms with Crippen molar-refractivity contribution in [3.05, 3.63) is 30.1 Å². The lowest BCUT2D eigenvalue weighted by molar-refractivity contribution is -0.132. The molecule has 1 aromatic heterocycles. The molecule has 0 saturated carbocycles. The van der Waals surface area contributed by atoms with Crippen molar-refractivity contribution in [3.8, 4) is 0 Å². The number of amides is 1. The van der Waals surface area contributed by atoms with Crippen LogP contribution < -0.4 is 5.73 Å². The number of carbonyl (C=O) groups is 1. The molecule has 1 aromatic rings. The number of hydrogen-bond donors (Lipinski definition) is 1. The molecular formula is C14H23N3O. The molecule has 4 heteroatoms. The van der Waals surface area contributed by atoms with Gasteiger partial charge in [-0.25, -0.2) is 0 Å². The number of nitrogens with zero attached hydrogens (tertiary/aromatic N) is 2. The van der Waals surface area contributed by atoms with E-state index in [0.717, 1.165) is 31.4 Å². The van der Waals surface area contributed by atoms with Gasteiger partial charge in [-0.1, -0.05) is 19.9 Å². The molecule has 1 unspecified atom stereocenters. The molecule has 2 heterocycles. The quantitative estimate of drug-likeness (QED) is 0.871. The van der Waals surface area contributed by atoms with Crippen molar-refractivity contribution >= 4 is 5.91 Å². The molecule has 0 aromatic carbocycles. The second kappa shape index (κ2) is 7.82. The number of pyridine rings is 1. The molecule has 2 N–H and O–H groups in total. The molecule has 18 heavy (non-hydrogen) atoms. The van der Waals surface area contributed by atoms with E-state index in [1.807, 2.05) is 30.9 Å². The summed E-state index contributed by atoms with van der Waals surface area (Å²) in [5.41, 5.74) is 6.88. The average Bonchev–Trinajstić information content (AvgIpc) is 2.58. The molecule has 0 radical (unpaired) electrons. The molecule has 1 saturated heterocycles. The summed E-state index contributed by atoms with van der Waals surface area (Å²) < 4.78 is 0. The number of carbonyl (C=O) groups excluding carboxylic acids is 1. The molecular weight excluding hydrogens is 226 g/mol. The van der Waals surface area contributed by atoms with Crippen LogP contribution in [0, 0.1) is 0 Å². The van der Waals surface area contributed by atoms with E-state index in [-0.39, 0.29) is 11.9 Å². The summed E-state index contributed by atoms with van der Waals surface area (Å²) in [6.07, 6.45) is 6.42. The predicted molar refractivity (Wildman–Crippen MR) is 72.8 cm³/mol. The van der Waals surface area contributed by atoms with Gasteiger partial charge in [0.2, 0.25) is 5.91 Å². The number of likely N-dealkylation sites (tertiary alicyclic amines) is 1. The highest BCUT2D eigenvalue weighted by Gasteiger charge is 2.23. The predicted octanol–water partition coefficient (Wildman–Crippen LogP) is 1.95. The van der Waals surface area contributed by atoms with Crippen LogP contribution in [0.2, 0.25) is 0 Å². The molecule has 0 spiro atoms. The molecule has 0 aliphatic carbocycles. The first kappa shape index (κ1) is 14.6. The third kappa shape index (κ3) is 4.11. The number of aromatic nitrogens is 1. The Morgan fingerprint density at radius 1 is 1.44 bits per heavy atom. The fourth-order valence-electron chi connectivity index (χ4n) is 2.00. The molecule has 2 rings (SSSR count). The summed E-state index contributed by atoms with van der Waals surface area (Å²) in [6, 6.07) is 3.55. The van der Waals surface area contributed by atoms with E-state index >= 15 is 0 Å². The zero-order valence-corrected chi connectivity index (χ0v) is 11.3. The molecule has 1 amide bonds. The highest BCUT2D eigenvalue weighted by molar-refractivity contribution is 5.81. The van der Waals surface area contributed by atoms with Gasteiger partial charge in [0.05, 0.1) is 6.04 Å². The number of nitrogens with two attached hydrogens (primary N) is 1. The van der Waals surface area contributed by atoms with Crippen LogP contribution in [0.15, 0.2) is 24.5 Å². The summed E-state index contributed by atoms with van der Waals surface area (Å²) in [4.78, 5) is 17.8. The Balaban J connectivity index is 0.000000771. The molecule has 100 valence electrons. The second-order valence-corrected chi connectivity index (χ2v) is 4.22. The lowest BCUT2D eigenvalue weighted by Crippen LogP contribution is -2.41. The minimum Gasteiger partial charge on any atom is -0.337 e. The Labute approximate surface area is 109 Å². The molecule has 1 aliphatic heterocycles. The van der Waals surface area contributed by atoms with E-state index in [4.69, 9.17) is 5.73 Å². The third-order valence-electron chi connectivity index (χ3n) is 2.92. The maximum Gasteiger partial charge on any atom is 0.239 e. The highest BCUT2D eigenvalue weighted by atomic mass is 16.2. The lowest BCUT2D eigenvalue weighted by Gasteiger charge is -2.22. The fraction of sp³-hybridized carbons (Fsp3) is 0.571. The van der Waals surface area contributed by atoms with Gasteiger partial charge in [-0.3, -0.25) is 9.78 Å². The van der Waals surface area contributed by atoms with Crippen LogP contribution in [-0.4, -0.2) is 28.4 Å².